The average molecular weight is 296 g/mol. The Labute approximate surface area is 132 Å². The zero-order chi connectivity index (χ0) is 15.4. The van der Waals surface area contributed by atoms with Gasteiger partial charge in [0, 0.05) is 18.0 Å². The average Bonchev–Trinajstić information content (AvgIpc) is 2.62. The van der Waals surface area contributed by atoms with E-state index >= 15 is 0 Å². The summed E-state index contributed by atoms with van der Waals surface area (Å²) in [5.41, 5.74) is 2.33. The van der Waals surface area contributed by atoms with Crippen LogP contribution in [0.5, 0.6) is 5.75 Å². The molecule has 0 unspecified atom stereocenters. The molecule has 1 aliphatic rings. The fourth-order valence-corrected chi connectivity index (χ4v) is 3.34. The highest BCUT2D eigenvalue weighted by molar-refractivity contribution is 5.55. The maximum atomic E-state index is 5.18. The van der Waals surface area contributed by atoms with Gasteiger partial charge in [0.15, 0.2) is 5.82 Å². The van der Waals surface area contributed by atoms with Gasteiger partial charge in [-0.05, 0) is 67.3 Å². The fraction of sp³-hybridized carbons (Fsp3) is 0.474. The summed E-state index contributed by atoms with van der Waals surface area (Å²) in [5, 5.41) is 0. The Kier molecular flexibility index (Phi) is 4.71. The molecular weight excluding hydrogens is 272 g/mol. The highest BCUT2D eigenvalue weighted by atomic mass is 16.5. The lowest BCUT2D eigenvalue weighted by molar-refractivity contribution is 0.318. The first-order valence-corrected chi connectivity index (χ1v) is 8.26. The van der Waals surface area contributed by atoms with Gasteiger partial charge < -0.3 is 4.74 Å². The molecule has 0 spiro atoms. The van der Waals surface area contributed by atoms with E-state index < -0.39 is 0 Å². The van der Waals surface area contributed by atoms with Crippen molar-refractivity contribution in [3.63, 3.8) is 0 Å². The van der Waals surface area contributed by atoms with E-state index in [-0.39, 0.29) is 0 Å². The molecule has 0 radical (unpaired) electrons. The molecule has 0 amide bonds. The maximum absolute atomic E-state index is 5.18. The molecule has 1 aromatic heterocycles. The second-order valence-electron chi connectivity index (χ2n) is 6.19. The summed E-state index contributed by atoms with van der Waals surface area (Å²) in [6, 6.07) is 7.89. The van der Waals surface area contributed by atoms with E-state index in [0.29, 0.717) is 5.92 Å². The second-order valence-corrected chi connectivity index (χ2v) is 6.19. The Morgan fingerprint density at radius 1 is 1.00 bits per heavy atom. The lowest BCUT2D eigenvalue weighted by Gasteiger charge is -2.27. The van der Waals surface area contributed by atoms with Crippen molar-refractivity contribution in [1.29, 1.82) is 0 Å². The summed E-state index contributed by atoms with van der Waals surface area (Å²) >= 11 is 0. The number of methoxy groups -OCH3 is 1. The highest BCUT2D eigenvalue weighted by Crippen LogP contribution is 2.36. The molecule has 3 heteroatoms. The predicted octanol–water partition coefficient (Wildman–Crippen LogP) is 4.84. The van der Waals surface area contributed by atoms with Gasteiger partial charge in [-0.2, -0.15) is 0 Å². The molecule has 0 atom stereocenters. The zero-order valence-electron chi connectivity index (χ0n) is 13.5. The van der Waals surface area contributed by atoms with Crippen molar-refractivity contribution in [2.24, 2.45) is 5.92 Å². The van der Waals surface area contributed by atoms with Crippen LogP contribution in [0.15, 0.2) is 36.7 Å². The summed E-state index contributed by atoms with van der Waals surface area (Å²) < 4.78 is 5.18. The minimum atomic E-state index is 0.646. The Morgan fingerprint density at radius 2 is 1.64 bits per heavy atom. The van der Waals surface area contributed by atoms with Crippen LogP contribution in [0.25, 0.3) is 11.4 Å². The van der Waals surface area contributed by atoms with Gasteiger partial charge in [-0.15, -0.1) is 0 Å². The molecule has 3 nitrogen and oxygen atoms in total. The number of hydrogen-bond donors (Lipinski definition) is 0. The summed E-state index contributed by atoms with van der Waals surface area (Å²) in [7, 11) is 1.67. The fourth-order valence-electron chi connectivity index (χ4n) is 3.34. The van der Waals surface area contributed by atoms with Crippen molar-refractivity contribution in [2.45, 2.75) is 44.9 Å². The first-order valence-electron chi connectivity index (χ1n) is 8.26. The Balaban J connectivity index is 1.69. The zero-order valence-corrected chi connectivity index (χ0v) is 13.5. The first kappa shape index (κ1) is 15.0. The van der Waals surface area contributed by atoms with Crippen LogP contribution in [0, 0.1) is 5.92 Å². The normalized spacial score (nSPS) is 21.5. The van der Waals surface area contributed by atoms with Gasteiger partial charge in [0.05, 0.1) is 7.11 Å². The topological polar surface area (TPSA) is 35.0 Å². The highest BCUT2D eigenvalue weighted by Gasteiger charge is 2.21. The summed E-state index contributed by atoms with van der Waals surface area (Å²) in [6.45, 7) is 2.30. The third-order valence-electron chi connectivity index (χ3n) is 4.92. The Bertz CT molecular complexity index is 584. The van der Waals surface area contributed by atoms with Crippen LogP contribution >= 0.6 is 0 Å². The monoisotopic (exact) mass is 296 g/mol. The van der Waals surface area contributed by atoms with E-state index in [1.54, 1.807) is 7.11 Å². The standard InChI is InChI=1S/C19H24N2O/c1-3-14-4-6-15(7-5-14)17-12-20-19(21-13-17)16-8-10-18(22-2)11-9-16/h8-15H,3-7H2,1-2H3. The minimum absolute atomic E-state index is 0.646. The molecule has 0 bridgehead atoms. The summed E-state index contributed by atoms with van der Waals surface area (Å²) in [5.74, 6) is 3.21. The van der Waals surface area contributed by atoms with Crippen LogP contribution < -0.4 is 4.74 Å². The van der Waals surface area contributed by atoms with Gasteiger partial charge in [0.2, 0.25) is 0 Å². The minimum Gasteiger partial charge on any atom is -0.497 e. The van der Waals surface area contributed by atoms with Crippen molar-refractivity contribution in [3.8, 4) is 17.1 Å². The van der Waals surface area contributed by atoms with E-state index in [9.17, 15) is 0 Å². The van der Waals surface area contributed by atoms with Crippen LogP contribution in [-0.4, -0.2) is 17.1 Å². The van der Waals surface area contributed by atoms with E-state index in [1.165, 1.54) is 37.7 Å². The molecular formula is C19H24N2O. The first-order chi connectivity index (χ1) is 10.8. The Hall–Kier alpha value is -1.90. The van der Waals surface area contributed by atoms with Crippen molar-refractivity contribution < 1.29 is 4.74 Å². The van der Waals surface area contributed by atoms with Crippen LogP contribution in [0.3, 0.4) is 0 Å². The third-order valence-corrected chi connectivity index (χ3v) is 4.92. The Morgan fingerprint density at radius 3 is 2.18 bits per heavy atom. The smallest absolute Gasteiger partial charge is 0.159 e. The van der Waals surface area contributed by atoms with Crippen LogP contribution in [0.1, 0.15) is 50.5 Å². The lowest BCUT2D eigenvalue weighted by atomic mass is 9.78. The SMILES string of the molecule is CCC1CCC(c2cnc(-c3ccc(OC)cc3)nc2)CC1. The van der Waals surface area contributed by atoms with Gasteiger partial charge in [-0.25, -0.2) is 9.97 Å². The number of aromatic nitrogens is 2. The number of ether oxygens (including phenoxy) is 1. The van der Waals surface area contributed by atoms with Gasteiger partial charge in [-0.3, -0.25) is 0 Å². The van der Waals surface area contributed by atoms with E-state index in [4.69, 9.17) is 4.74 Å². The quantitative estimate of drug-likeness (QED) is 0.810. The molecule has 2 aromatic rings. The molecule has 1 saturated carbocycles. The van der Waals surface area contributed by atoms with Gasteiger partial charge in [0.25, 0.3) is 0 Å². The molecule has 1 fully saturated rings. The van der Waals surface area contributed by atoms with Crippen molar-refractivity contribution in [1.82, 2.24) is 9.97 Å². The van der Waals surface area contributed by atoms with Crippen LogP contribution in [-0.2, 0) is 0 Å². The molecule has 22 heavy (non-hydrogen) atoms. The summed E-state index contributed by atoms with van der Waals surface area (Å²) in [6.07, 6.45) is 10.6. The van der Waals surface area contributed by atoms with Gasteiger partial charge in [-0.1, -0.05) is 13.3 Å². The molecule has 116 valence electrons. The molecule has 1 aliphatic carbocycles. The summed E-state index contributed by atoms with van der Waals surface area (Å²) in [4.78, 5) is 9.13. The number of rotatable bonds is 4. The van der Waals surface area contributed by atoms with Crippen molar-refractivity contribution in [3.05, 3.63) is 42.2 Å². The van der Waals surface area contributed by atoms with Gasteiger partial charge >= 0.3 is 0 Å². The van der Waals surface area contributed by atoms with E-state index in [0.717, 1.165) is 23.1 Å². The largest absolute Gasteiger partial charge is 0.497 e. The molecule has 0 aliphatic heterocycles. The number of nitrogens with zero attached hydrogens (tertiary/aromatic N) is 2. The number of benzene rings is 1. The molecule has 1 aromatic carbocycles. The molecule has 3 rings (SSSR count). The second kappa shape index (κ2) is 6.91. The van der Waals surface area contributed by atoms with Crippen LogP contribution in [0.2, 0.25) is 0 Å². The van der Waals surface area contributed by atoms with Crippen LogP contribution in [0.4, 0.5) is 0 Å². The van der Waals surface area contributed by atoms with Crippen molar-refractivity contribution >= 4 is 0 Å². The lowest BCUT2D eigenvalue weighted by Crippen LogP contribution is -2.13. The van der Waals surface area contributed by atoms with Crippen molar-refractivity contribution in [2.75, 3.05) is 7.11 Å². The molecule has 0 N–H and O–H groups in total. The van der Waals surface area contributed by atoms with E-state index in [2.05, 4.69) is 16.9 Å². The molecule has 1 heterocycles. The maximum Gasteiger partial charge on any atom is 0.159 e. The number of hydrogen-bond acceptors (Lipinski definition) is 3. The van der Waals surface area contributed by atoms with E-state index in [1.807, 2.05) is 36.7 Å². The third kappa shape index (κ3) is 3.29. The van der Waals surface area contributed by atoms with Gasteiger partial charge in [0.1, 0.15) is 5.75 Å². The predicted molar refractivity (Wildman–Crippen MR) is 89.0 cm³/mol. The molecule has 0 saturated heterocycles.